The summed E-state index contributed by atoms with van der Waals surface area (Å²) < 4.78 is 13.1. The molecule has 0 aliphatic carbocycles. The quantitative estimate of drug-likeness (QED) is 0.845. The van der Waals surface area contributed by atoms with Gasteiger partial charge in [0.2, 0.25) is 0 Å². The molecule has 1 aromatic rings. The largest absolute Gasteiger partial charge is 0.385 e. The molecule has 0 radical (unpaired) electrons. The maximum Gasteiger partial charge on any atom is 0.126 e. The van der Waals surface area contributed by atoms with Gasteiger partial charge >= 0.3 is 0 Å². The summed E-state index contributed by atoms with van der Waals surface area (Å²) in [5.41, 5.74) is 1.26. The van der Waals surface area contributed by atoms with Gasteiger partial charge in [0.25, 0.3) is 0 Å². The number of nitrogens with zero attached hydrogens (tertiary/aromatic N) is 1. The summed E-state index contributed by atoms with van der Waals surface area (Å²) >= 11 is 0. The van der Waals surface area contributed by atoms with Crippen LogP contribution in [0.25, 0.3) is 0 Å². The van der Waals surface area contributed by atoms with Crippen LogP contribution in [-0.2, 0) is 0 Å². The molecule has 0 saturated heterocycles. The Morgan fingerprint density at radius 1 is 1.31 bits per heavy atom. The van der Waals surface area contributed by atoms with Crippen molar-refractivity contribution in [2.75, 3.05) is 11.9 Å². The smallest absolute Gasteiger partial charge is 0.126 e. The normalized spacial score (nSPS) is 10.9. The molecule has 0 heterocycles. The zero-order valence-corrected chi connectivity index (χ0v) is 9.97. The van der Waals surface area contributed by atoms with Gasteiger partial charge in [-0.05, 0) is 30.0 Å². The number of nitriles is 1. The predicted molar refractivity (Wildman–Crippen MR) is 63.7 cm³/mol. The predicted octanol–water partition coefficient (Wildman–Crippen LogP) is 3.55. The first kappa shape index (κ1) is 12.5. The first-order valence-corrected chi connectivity index (χ1v) is 5.35. The van der Waals surface area contributed by atoms with Crippen molar-refractivity contribution in [3.8, 4) is 6.07 Å². The molecule has 0 amide bonds. The van der Waals surface area contributed by atoms with Crippen molar-refractivity contribution in [2.24, 2.45) is 5.41 Å². The van der Waals surface area contributed by atoms with Gasteiger partial charge in [0.05, 0.1) is 11.6 Å². The molecule has 0 unspecified atom stereocenters. The van der Waals surface area contributed by atoms with Gasteiger partial charge in [-0.15, -0.1) is 0 Å². The van der Waals surface area contributed by atoms with Crippen LogP contribution in [0.15, 0.2) is 18.2 Å². The van der Waals surface area contributed by atoms with E-state index in [0.717, 1.165) is 13.0 Å². The molecule has 3 heteroatoms. The van der Waals surface area contributed by atoms with E-state index in [1.165, 1.54) is 12.1 Å². The molecule has 86 valence electrons. The minimum atomic E-state index is -0.377. The summed E-state index contributed by atoms with van der Waals surface area (Å²) in [6.07, 6.45) is 0.991. The first-order chi connectivity index (χ1) is 7.40. The third-order valence-electron chi connectivity index (χ3n) is 2.23. The van der Waals surface area contributed by atoms with Gasteiger partial charge in [-0.3, -0.25) is 0 Å². The number of rotatable bonds is 3. The summed E-state index contributed by atoms with van der Waals surface area (Å²) in [5.74, 6) is -0.377. The highest BCUT2D eigenvalue weighted by Gasteiger charge is 2.09. The third-order valence-corrected chi connectivity index (χ3v) is 2.23. The van der Waals surface area contributed by atoms with E-state index in [-0.39, 0.29) is 11.2 Å². The van der Waals surface area contributed by atoms with Gasteiger partial charge in [-0.1, -0.05) is 20.8 Å². The Bertz CT molecular complexity index is 399. The van der Waals surface area contributed by atoms with Crippen molar-refractivity contribution in [2.45, 2.75) is 27.2 Å². The fraction of sp³-hybridized carbons (Fsp3) is 0.462. The van der Waals surface area contributed by atoms with E-state index >= 15 is 0 Å². The number of hydrogen-bond donors (Lipinski definition) is 1. The first-order valence-electron chi connectivity index (χ1n) is 5.35. The van der Waals surface area contributed by atoms with Crippen LogP contribution in [0.5, 0.6) is 0 Å². The van der Waals surface area contributed by atoms with Crippen molar-refractivity contribution in [3.63, 3.8) is 0 Å². The summed E-state index contributed by atoms with van der Waals surface area (Å²) in [7, 11) is 0. The van der Waals surface area contributed by atoms with Gasteiger partial charge in [0.15, 0.2) is 0 Å². The molecule has 1 rings (SSSR count). The Morgan fingerprint density at radius 2 is 2.00 bits per heavy atom. The molecular weight excluding hydrogens is 203 g/mol. The maximum absolute atomic E-state index is 13.1. The fourth-order valence-electron chi connectivity index (χ4n) is 1.34. The minimum absolute atomic E-state index is 0.248. The second-order valence-corrected chi connectivity index (χ2v) is 5.08. The Labute approximate surface area is 96.1 Å². The Balaban J connectivity index is 2.61. The molecule has 2 nitrogen and oxygen atoms in total. The lowest BCUT2D eigenvalue weighted by Crippen LogP contribution is -2.12. The van der Waals surface area contributed by atoms with Crippen LogP contribution in [0.1, 0.15) is 32.8 Å². The number of halogens is 1. The lowest BCUT2D eigenvalue weighted by atomic mass is 9.92. The number of hydrogen-bond acceptors (Lipinski definition) is 2. The second-order valence-electron chi connectivity index (χ2n) is 5.08. The zero-order chi connectivity index (χ0) is 12.2. The van der Waals surface area contributed by atoms with Crippen LogP contribution in [0.3, 0.4) is 0 Å². The van der Waals surface area contributed by atoms with E-state index in [1.54, 1.807) is 6.07 Å². The minimum Gasteiger partial charge on any atom is -0.385 e. The molecular formula is C13H17FN2. The fourth-order valence-corrected chi connectivity index (χ4v) is 1.34. The van der Waals surface area contributed by atoms with Crippen LogP contribution in [0.4, 0.5) is 10.1 Å². The standard InChI is InChI=1S/C13H17FN2/c1-13(2,3)4-5-16-12-7-10(9-15)6-11(14)8-12/h6-8,16H,4-5H2,1-3H3. The van der Waals surface area contributed by atoms with Gasteiger partial charge < -0.3 is 5.32 Å². The monoisotopic (exact) mass is 220 g/mol. The van der Waals surface area contributed by atoms with E-state index in [4.69, 9.17) is 5.26 Å². The molecule has 0 saturated carbocycles. The van der Waals surface area contributed by atoms with Crippen molar-refractivity contribution in [3.05, 3.63) is 29.6 Å². The Kier molecular flexibility index (Phi) is 3.89. The van der Waals surface area contributed by atoms with E-state index in [0.29, 0.717) is 11.3 Å². The van der Waals surface area contributed by atoms with Crippen molar-refractivity contribution >= 4 is 5.69 Å². The number of anilines is 1. The Morgan fingerprint density at radius 3 is 2.56 bits per heavy atom. The molecule has 1 N–H and O–H groups in total. The van der Waals surface area contributed by atoms with E-state index < -0.39 is 0 Å². The molecule has 0 aliphatic rings. The molecule has 16 heavy (non-hydrogen) atoms. The molecule has 0 aliphatic heterocycles. The highest BCUT2D eigenvalue weighted by atomic mass is 19.1. The SMILES string of the molecule is CC(C)(C)CCNc1cc(F)cc(C#N)c1. The number of nitrogens with one attached hydrogen (secondary N) is 1. The summed E-state index contributed by atoms with van der Waals surface area (Å²) in [6, 6.07) is 6.23. The second kappa shape index (κ2) is 4.98. The molecule has 0 aromatic heterocycles. The summed E-state index contributed by atoms with van der Waals surface area (Å²) in [6.45, 7) is 7.24. The van der Waals surface area contributed by atoms with E-state index in [2.05, 4.69) is 26.1 Å². The van der Waals surface area contributed by atoms with Crippen LogP contribution in [-0.4, -0.2) is 6.54 Å². The summed E-state index contributed by atoms with van der Waals surface area (Å²) in [5, 5.41) is 11.8. The van der Waals surface area contributed by atoms with Crippen LogP contribution in [0, 0.1) is 22.6 Å². The van der Waals surface area contributed by atoms with E-state index in [1.807, 2.05) is 6.07 Å². The highest BCUT2D eigenvalue weighted by molar-refractivity contribution is 5.49. The zero-order valence-electron chi connectivity index (χ0n) is 9.97. The maximum atomic E-state index is 13.1. The summed E-state index contributed by atoms with van der Waals surface area (Å²) in [4.78, 5) is 0. The van der Waals surface area contributed by atoms with Crippen molar-refractivity contribution in [1.82, 2.24) is 0 Å². The molecule has 0 fully saturated rings. The molecule has 0 atom stereocenters. The molecule has 1 aromatic carbocycles. The lowest BCUT2D eigenvalue weighted by molar-refractivity contribution is 0.390. The van der Waals surface area contributed by atoms with Gasteiger partial charge in [-0.2, -0.15) is 5.26 Å². The van der Waals surface area contributed by atoms with Crippen LogP contribution < -0.4 is 5.32 Å². The number of benzene rings is 1. The molecule has 0 spiro atoms. The average molecular weight is 220 g/mol. The average Bonchev–Trinajstić information content (AvgIpc) is 2.14. The topological polar surface area (TPSA) is 35.8 Å². The van der Waals surface area contributed by atoms with Crippen molar-refractivity contribution < 1.29 is 4.39 Å². The highest BCUT2D eigenvalue weighted by Crippen LogP contribution is 2.19. The van der Waals surface area contributed by atoms with Gasteiger partial charge in [0, 0.05) is 12.2 Å². The van der Waals surface area contributed by atoms with Crippen LogP contribution >= 0.6 is 0 Å². The third kappa shape index (κ3) is 4.31. The molecule has 0 bridgehead atoms. The van der Waals surface area contributed by atoms with E-state index in [9.17, 15) is 4.39 Å². The van der Waals surface area contributed by atoms with Crippen molar-refractivity contribution in [1.29, 1.82) is 5.26 Å². The van der Waals surface area contributed by atoms with Crippen LogP contribution in [0.2, 0.25) is 0 Å². The Hall–Kier alpha value is -1.56. The van der Waals surface area contributed by atoms with Gasteiger partial charge in [-0.25, -0.2) is 4.39 Å². The lowest BCUT2D eigenvalue weighted by Gasteiger charge is -2.18. The van der Waals surface area contributed by atoms with Gasteiger partial charge in [0.1, 0.15) is 5.82 Å².